The Morgan fingerprint density at radius 3 is 2.67 bits per heavy atom. The van der Waals surface area contributed by atoms with E-state index in [1.807, 2.05) is 0 Å². The molecule has 0 saturated carbocycles. The van der Waals surface area contributed by atoms with Crippen molar-refractivity contribution in [1.82, 2.24) is 4.31 Å². The summed E-state index contributed by atoms with van der Waals surface area (Å²) in [4.78, 5) is 11.5. The van der Waals surface area contributed by atoms with Gasteiger partial charge >= 0.3 is 0 Å². The third-order valence-electron chi connectivity index (χ3n) is 3.31. The van der Waals surface area contributed by atoms with Crippen LogP contribution in [0.25, 0.3) is 0 Å². The lowest BCUT2D eigenvalue weighted by molar-refractivity contribution is -0.115. The summed E-state index contributed by atoms with van der Waals surface area (Å²) in [6.45, 7) is 1.07. The zero-order valence-corrected chi connectivity index (χ0v) is 12.4. The third-order valence-corrected chi connectivity index (χ3v) is 5.20. The average molecular weight is 307 g/mol. The number of carbonyl (C=O) groups is 1. The minimum Gasteiger partial charge on any atom is -0.325 e. The van der Waals surface area contributed by atoms with E-state index in [0.29, 0.717) is 18.8 Å². The Bertz CT molecular complexity index is 658. The first kappa shape index (κ1) is 15.5. The number of nitriles is 1. The maximum atomic E-state index is 12.5. The highest BCUT2D eigenvalue weighted by atomic mass is 32.2. The fraction of sp³-hybridized carbons (Fsp3) is 0.429. The Morgan fingerprint density at radius 2 is 2.00 bits per heavy atom. The molecule has 0 atom stereocenters. The molecular formula is C14H17N3O3S. The molecular weight excluding hydrogens is 290 g/mol. The lowest BCUT2D eigenvalue weighted by Crippen LogP contribution is -2.35. The fourth-order valence-electron chi connectivity index (χ4n) is 2.27. The Balaban J connectivity index is 2.20. The first-order valence-corrected chi connectivity index (χ1v) is 8.25. The molecule has 0 unspecified atom stereocenters. The molecule has 2 rings (SSSR count). The Hall–Kier alpha value is -1.91. The van der Waals surface area contributed by atoms with Gasteiger partial charge in [-0.15, -0.1) is 0 Å². The van der Waals surface area contributed by atoms with Gasteiger partial charge in [-0.1, -0.05) is 12.5 Å². The van der Waals surface area contributed by atoms with Crippen molar-refractivity contribution < 1.29 is 13.2 Å². The fourth-order valence-corrected chi connectivity index (χ4v) is 3.83. The van der Waals surface area contributed by atoms with Gasteiger partial charge in [0.2, 0.25) is 15.9 Å². The van der Waals surface area contributed by atoms with E-state index in [1.54, 1.807) is 18.2 Å². The normalized spacial score (nSPS) is 16.1. The predicted molar refractivity (Wildman–Crippen MR) is 77.9 cm³/mol. The number of hydrogen-bond acceptors (Lipinski definition) is 4. The number of hydrogen-bond donors (Lipinski definition) is 1. The molecule has 0 aliphatic carbocycles. The smallest absolute Gasteiger partial charge is 0.243 e. The van der Waals surface area contributed by atoms with Crippen LogP contribution in [0.15, 0.2) is 29.2 Å². The SMILES string of the molecule is N#CCC(=O)Nc1cccc(S(=O)(=O)N2CCCCC2)c1. The molecule has 1 aromatic rings. The van der Waals surface area contributed by atoms with Gasteiger partial charge in [0.15, 0.2) is 0 Å². The molecule has 1 aliphatic rings. The van der Waals surface area contributed by atoms with Crippen molar-refractivity contribution in [1.29, 1.82) is 5.26 Å². The molecule has 1 fully saturated rings. The zero-order chi connectivity index (χ0) is 15.3. The largest absolute Gasteiger partial charge is 0.325 e. The van der Waals surface area contributed by atoms with E-state index < -0.39 is 15.9 Å². The van der Waals surface area contributed by atoms with Crippen molar-refractivity contribution in [3.8, 4) is 6.07 Å². The van der Waals surface area contributed by atoms with Crippen LogP contribution in [0.1, 0.15) is 25.7 Å². The summed E-state index contributed by atoms with van der Waals surface area (Å²) < 4.78 is 26.5. The van der Waals surface area contributed by atoms with E-state index in [1.165, 1.54) is 16.4 Å². The van der Waals surface area contributed by atoms with Gasteiger partial charge in [0, 0.05) is 18.8 Å². The second-order valence-corrected chi connectivity index (χ2v) is 6.81. The zero-order valence-electron chi connectivity index (χ0n) is 11.6. The second-order valence-electron chi connectivity index (χ2n) is 4.88. The summed E-state index contributed by atoms with van der Waals surface area (Å²) >= 11 is 0. The van der Waals surface area contributed by atoms with Gasteiger partial charge in [0.1, 0.15) is 6.42 Å². The number of carbonyl (C=O) groups excluding carboxylic acids is 1. The molecule has 1 aromatic carbocycles. The van der Waals surface area contributed by atoms with Crippen LogP contribution in [0.2, 0.25) is 0 Å². The van der Waals surface area contributed by atoms with Crippen LogP contribution in [0.5, 0.6) is 0 Å². The standard InChI is InChI=1S/C14H17N3O3S/c15-8-7-14(18)16-12-5-4-6-13(11-12)21(19,20)17-9-2-1-3-10-17/h4-6,11H,1-3,7,9-10H2,(H,16,18). The van der Waals surface area contributed by atoms with E-state index in [4.69, 9.17) is 5.26 Å². The third kappa shape index (κ3) is 3.80. The number of rotatable bonds is 4. The molecule has 6 nitrogen and oxygen atoms in total. The van der Waals surface area contributed by atoms with Gasteiger partial charge in [-0.3, -0.25) is 4.79 Å². The van der Waals surface area contributed by atoms with Gasteiger partial charge in [-0.2, -0.15) is 9.57 Å². The maximum absolute atomic E-state index is 12.5. The minimum atomic E-state index is -3.52. The highest BCUT2D eigenvalue weighted by Gasteiger charge is 2.26. The van der Waals surface area contributed by atoms with Crippen molar-refractivity contribution in [3.63, 3.8) is 0 Å². The Labute approximate surface area is 124 Å². The number of amides is 1. The highest BCUT2D eigenvalue weighted by molar-refractivity contribution is 7.89. The highest BCUT2D eigenvalue weighted by Crippen LogP contribution is 2.22. The van der Waals surface area contributed by atoms with E-state index in [9.17, 15) is 13.2 Å². The van der Waals surface area contributed by atoms with E-state index in [2.05, 4.69) is 5.32 Å². The van der Waals surface area contributed by atoms with Crippen LogP contribution in [-0.4, -0.2) is 31.7 Å². The molecule has 1 N–H and O–H groups in total. The Kier molecular flexibility index (Phi) is 4.94. The van der Waals surface area contributed by atoms with Crippen LogP contribution in [0, 0.1) is 11.3 Å². The van der Waals surface area contributed by atoms with Crippen LogP contribution >= 0.6 is 0 Å². The number of nitrogens with one attached hydrogen (secondary N) is 1. The Morgan fingerprint density at radius 1 is 1.29 bits per heavy atom. The molecule has 0 spiro atoms. The number of nitrogens with zero attached hydrogens (tertiary/aromatic N) is 2. The van der Waals surface area contributed by atoms with Gasteiger partial charge < -0.3 is 5.32 Å². The van der Waals surface area contributed by atoms with E-state index >= 15 is 0 Å². The van der Waals surface area contributed by atoms with Crippen LogP contribution in [0.3, 0.4) is 0 Å². The molecule has 112 valence electrons. The number of piperidine rings is 1. The summed E-state index contributed by atoms with van der Waals surface area (Å²) in [6.07, 6.45) is 2.54. The van der Waals surface area contributed by atoms with E-state index in [-0.39, 0.29) is 11.3 Å². The molecule has 1 amide bonds. The summed E-state index contributed by atoms with van der Waals surface area (Å²) in [5.41, 5.74) is 0.383. The first-order chi connectivity index (χ1) is 10.0. The van der Waals surface area contributed by atoms with Crippen molar-refractivity contribution in [2.45, 2.75) is 30.6 Å². The second kappa shape index (κ2) is 6.70. The van der Waals surface area contributed by atoms with E-state index in [0.717, 1.165) is 19.3 Å². The van der Waals surface area contributed by atoms with Gasteiger partial charge in [-0.05, 0) is 31.0 Å². The van der Waals surface area contributed by atoms with Crippen molar-refractivity contribution >= 4 is 21.6 Å². The van der Waals surface area contributed by atoms with Gasteiger partial charge in [-0.25, -0.2) is 8.42 Å². The number of anilines is 1. The van der Waals surface area contributed by atoms with Crippen molar-refractivity contribution in [2.24, 2.45) is 0 Å². The molecule has 0 radical (unpaired) electrons. The lowest BCUT2D eigenvalue weighted by atomic mass is 10.2. The summed E-state index contributed by atoms with van der Waals surface area (Å²) in [5.74, 6) is -0.454. The topological polar surface area (TPSA) is 90.3 Å². The van der Waals surface area contributed by atoms with Crippen molar-refractivity contribution in [3.05, 3.63) is 24.3 Å². The molecule has 7 heteroatoms. The van der Waals surface area contributed by atoms with Gasteiger partial charge in [0.05, 0.1) is 11.0 Å². The monoisotopic (exact) mass is 307 g/mol. The summed E-state index contributed by atoms with van der Waals surface area (Å²) in [6, 6.07) is 7.88. The number of benzene rings is 1. The van der Waals surface area contributed by atoms with Crippen LogP contribution < -0.4 is 5.32 Å². The van der Waals surface area contributed by atoms with Crippen LogP contribution in [-0.2, 0) is 14.8 Å². The van der Waals surface area contributed by atoms with Gasteiger partial charge in [0.25, 0.3) is 0 Å². The minimum absolute atomic E-state index is 0.166. The number of sulfonamides is 1. The molecule has 1 heterocycles. The first-order valence-electron chi connectivity index (χ1n) is 6.81. The average Bonchev–Trinajstić information content (AvgIpc) is 2.48. The predicted octanol–water partition coefficient (Wildman–Crippen LogP) is 1.71. The maximum Gasteiger partial charge on any atom is 0.243 e. The molecule has 1 aliphatic heterocycles. The lowest BCUT2D eigenvalue weighted by Gasteiger charge is -2.26. The van der Waals surface area contributed by atoms with Crippen LogP contribution in [0.4, 0.5) is 5.69 Å². The summed E-state index contributed by atoms with van der Waals surface area (Å²) in [7, 11) is -3.52. The molecule has 0 aromatic heterocycles. The summed E-state index contributed by atoms with van der Waals surface area (Å²) in [5, 5.41) is 11.0. The molecule has 0 bridgehead atoms. The molecule has 1 saturated heterocycles. The quantitative estimate of drug-likeness (QED) is 0.917. The molecule has 21 heavy (non-hydrogen) atoms. The van der Waals surface area contributed by atoms with Crippen molar-refractivity contribution in [2.75, 3.05) is 18.4 Å².